The molecule has 0 unspecified atom stereocenters. The van der Waals surface area contributed by atoms with E-state index in [0.29, 0.717) is 21.7 Å². The summed E-state index contributed by atoms with van der Waals surface area (Å²) in [5, 5.41) is 0.627. The van der Waals surface area contributed by atoms with Gasteiger partial charge in [0.25, 0.3) is 11.1 Å². The maximum atomic E-state index is 14.5. The number of thioether (sulfide) groups is 1. The SMILES string of the molecule is O=C(CN1C(=O)S/C(=C\c2cn(Cc3c(F)cccc3Cl)c3ccc(Br)cc23)C1=O)c1ccccc1. The molecule has 1 fully saturated rings. The van der Waals surface area contributed by atoms with Gasteiger partial charge in [-0.1, -0.05) is 63.9 Å². The summed E-state index contributed by atoms with van der Waals surface area (Å²) in [5.74, 6) is -1.25. The molecular weight excluding hydrogens is 567 g/mol. The molecule has 1 aliphatic heterocycles. The molecular formula is C27H17BrClFN2O3S. The number of ketones is 1. The molecule has 0 spiro atoms. The van der Waals surface area contributed by atoms with Crippen LogP contribution in [-0.4, -0.2) is 32.9 Å². The van der Waals surface area contributed by atoms with Crippen LogP contribution >= 0.6 is 39.3 Å². The van der Waals surface area contributed by atoms with Crippen molar-refractivity contribution in [3.05, 3.63) is 110 Å². The van der Waals surface area contributed by atoms with Gasteiger partial charge in [-0.25, -0.2) is 4.39 Å². The Bertz CT molecular complexity index is 1550. The fraction of sp³-hybridized carbons (Fsp3) is 0.0741. The van der Waals surface area contributed by atoms with Gasteiger partial charge in [0.15, 0.2) is 5.78 Å². The largest absolute Gasteiger partial charge is 0.342 e. The van der Waals surface area contributed by atoms with Crippen molar-refractivity contribution < 1.29 is 18.8 Å². The molecule has 0 bridgehead atoms. The van der Waals surface area contributed by atoms with Gasteiger partial charge >= 0.3 is 0 Å². The Hall–Kier alpha value is -3.20. The number of rotatable bonds is 6. The number of carbonyl (C=O) groups excluding carboxylic acids is 3. The topological polar surface area (TPSA) is 59.4 Å². The molecule has 0 aliphatic carbocycles. The number of Topliss-reactive ketones (excluding diaryl/α,β-unsaturated/α-hetero) is 1. The van der Waals surface area contributed by atoms with E-state index in [0.717, 1.165) is 32.0 Å². The van der Waals surface area contributed by atoms with Crippen LogP contribution in [0.3, 0.4) is 0 Å². The van der Waals surface area contributed by atoms with Crippen LogP contribution in [-0.2, 0) is 11.3 Å². The number of benzene rings is 3. The molecule has 0 atom stereocenters. The van der Waals surface area contributed by atoms with Crippen molar-refractivity contribution in [2.45, 2.75) is 6.54 Å². The van der Waals surface area contributed by atoms with Crippen molar-refractivity contribution in [1.82, 2.24) is 9.47 Å². The maximum Gasteiger partial charge on any atom is 0.293 e. The third-order valence-electron chi connectivity index (χ3n) is 5.82. The van der Waals surface area contributed by atoms with Crippen molar-refractivity contribution in [1.29, 1.82) is 0 Å². The Morgan fingerprint density at radius 1 is 1.06 bits per heavy atom. The molecule has 36 heavy (non-hydrogen) atoms. The molecule has 1 aliphatic rings. The molecule has 2 heterocycles. The number of nitrogens with zero attached hydrogens (tertiary/aromatic N) is 2. The molecule has 3 aromatic carbocycles. The van der Waals surface area contributed by atoms with E-state index in [-0.39, 0.29) is 23.8 Å². The minimum atomic E-state index is -0.526. The molecule has 180 valence electrons. The lowest BCUT2D eigenvalue weighted by Crippen LogP contribution is -2.33. The Labute approximate surface area is 223 Å². The average molecular weight is 584 g/mol. The molecule has 9 heteroatoms. The van der Waals surface area contributed by atoms with Crippen LogP contribution in [0.2, 0.25) is 5.02 Å². The lowest BCUT2D eigenvalue weighted by atomic mass is 10.1. The van der Waals surface area contributed by atoms with Gasteiger partial charge < -0.3 is 4.57 Å². The van der Waals surface area contributed by atoms with Gasteiger partial charge in [0.05, 0.1) is 18.0 Å². The van der Waals surface area contributed by atoms with E-state index in [1.165, 1.54) is 6.07 Å². The lowest BCUT2D eigenvalue weighted by Gasteiger charge is -2.11. The Morgan fingerprint density at radius 3 is 2.58 bits per heavy atom. The first-order valence-corrected chi connectivity index (χ1v) is 12.9. The molecule has 5 rings (SSSR count). The third-order valence-corrected chi connectivity index (χ3v) is 7.58. The van der Waals surface area contributed by atoms with Crippen molar-refractivity contribution >= 4 is 73.2 Å². The predicted molar refractivity (Wildman–Crippen MR) is 144 cm³/mol. The van der Waals surface area contributed by atoms with Crippen molar-refractivity contribution in [2.75, 3.05) is 6.54 Å². The Morgan fingerprint density at radius 2 is 1.83 bits per heavy atom. The second-order valence-corrected chi connectivity index (χ2v) is 10.4. The summed E-state index contributed by atoms with van der Waals surface area (Å²) in [6.45, 7) is -0.143. The normalized spacial score (nSPS) is 14.9. The zero-order chi connectivity index (χ0) is 25.4. The molecule has 1 saturated heterocycles. The minimum Gasteiger partial charge on any atom is -0.342 e. The predicted octanol–water partition coefficient (Wildman–Crippen LogP) is 7.16. The molecule has 1 aromatic heterocycles. The van der Waals surface area contributed by atoms with E-state index in [4.69, 9.17) is 11.6 Å². The highest BCUT2D eigenvalue weighted by molar-refractivity contribution is 9.10. The number of imide groups is 1. The number of fused-ring (bicyclic) bond motifs is 1. The molecule has 4 aromatic rings. The minimum absolute atomic E-state index is 0.185. The summed E-state index contributed by atoms with van der Waals surface area (Å²) in [7, 11) is 0. The fourth-order valence-electron chi connectivity index (χ4n) is 4.03. The highest BCUT2D eigenvalue weighted by Crippen LogP contribution is 2.35. The zero-order valence-electron chi connectivity index (χ0n) is 18.6. The number of hydrogen-bond donors (Lipinski definition) is 0. The smallest absolute Gasteiger partial charge is 0.293 e. The summed E-state index contributed by atoms with van der Waals surface area (Å²) in [6.07, 6.45) is 3.43. The molecule has 5 nitrogen and oxygen atoms in total. The van der Waals surface area contributed by atoms with Crippen LogP contribution in [0.1, 0.15) is 21.5 Å². The van der Waals surface area contributed by atoms with Crippen LogP contribution in [0.25, 0.3) is 17.0 Å². The number of carbonyl (C=O) groups is 3. The molecule has 0 saturated carbocycles. The van der Waals surface area contributed by atoms with Crippen molar-refractivity contribution in [2.24, 2.45) is 0 Å². The van der Waals surface area contributed by atoms with Crippen LogP contribution in [0.15, 0.2) is 82.3 Å². The van der Waals surface area contributed by atoms with Crippen LogP contribution in [0, 0.1) is 5.82 Å². The monoisotopic (exact) mass is 582 g/mol. The maximum absolute atomic E-state index is 14.5. The summed E-state index contributed by atoms with van der Waals surface area (Å²) < 4.78 is 17.1. The number of aromatic nitrogens is 1. The Balaban J connectivity index is 1.48. The summed E-state index contributed by atoms with van der Waals surface area (Å²) in [6, 6.07) is 18.7. The first-order valence-electron chi connectivity index (χ1n) is 10.9. The molecule has 0 radical (unpaired) electrons. The van der Waals surface area contributed by atoms with Crippen molar-refractivity contribution in [3.8, 4) is 0 Å². The molecule has 2 amide bonds. The van der Waals surface area contributed by atoms with Gasteiger partial charge in [-0.2, -0.15) is 0 Å². The first-order chi connectivity index (χ1) is 17.3. The highest BCUT2D eigenvalue weighted by Gasteiger charge is 2.36. The molecule has 0 N–H and O–H groups in total. The highest BCUT2D eigenvalue weighted by atomic mass is 79.9. The second-order valence-electron chi connectivity index (χ2n) is 8.13. The van der Waals surface area contributed by atoms with Gasteiger partial charge in [0.2, 0.25) is 0 Å². The average Bonchev–Trinajstić information content (AvgIpc) is 3.33. The van der Waals surface area contributed by atoms with E-state index in [1.54, 1.807) is 54.7 Å². The number of halogens is 3. The van der Waals surface area contributed by atoms with E-state index in [1.807, 2.05) is 22.8 Å². The van der Waals surface area contributed by atoms with E-state index < -0.39 is 17.0 Å². The lowest BCUT2D eigenvalue weighted by molar-refractivity contribution is -0.122. The van der Waals surface area contributed by atoms with Gasteiger partial charge in [-0.05, 0) is 48.2 Å². The van der Waals surface area contributed by atoms with Gasteiger partial charge in [0, 0.05) is 43.3 Å². The summed E-state index contributed by atoms with van der Waals surface area (Å²) in [4.78, 5) is 39.4. The van der Waals surface area contributed by atoms with Gasteiger partial charge in [0.1, 0.15) is 5.82 Å². The van der Waals surface area contributed by atoms with Gasteiger partial charge in [-0.3, -0.25) is 19.3 Å². The van der Waals surface area contributed by atoms with Crippen molar-refractivity contribution in [3.63, 3.8) is 0 Å². The van der Waals surface area contributed by atoms with E-state index >= 15 is 0 Å². The van der Waals surface area contributed by atoms with E-state index in [9.17, 15) is 18.8 Å². The summed E-state index contributed by atoms with van der Waals surface area (Å²) >= 11 is 10.5. The zero-order valence-corrected chi connectivity index (χ0v) is 21.7. The fourth-order valence-corrected chi connectivity index (χ4v) is 5.45. The second kappa shape index (κ2) is 10.0. The summed E-state index contributed by atoms with van der Waals surface area (Å²) in [5.41, 5.74) is 2.27. The van der Waals surface area contributed by atoms with Crippen LogP contribution < -0.4 is 0 Å². The number of amides is 2. The standard InChI is InChI=1S/C27H17BrClFN2O3S/c28-18-9-10-23-19(12-18)17(13-31(23)14-20-21(29)7-4-8-22(20)30)11-25-26(34)32(27(35)36-25)15-24(33)16-5-2-1-3-6-16/h1-13H,14-15H2/b25-11-. The van der Waals surface area contributed by atoms with Gasteiger partial charge in [-0.15, -0.1) is 0 Å². The van der Waals surface area contributed by atoms with Crippen LogP contribution in [0.5, 0.6) is 0 Å². The third kappa shape index (κ3) is 4.76. The quantitative estimate of drug-likeness (QED) is 0.178. The number of hydrogen-bond acceptors (Lipinski definition) is 4. The van der Waals surface area contributed by atoms with Crippen LogP contribution in [0.4, 0.5) is 9.18 Å². The first kappa shape index (κ1) is 24.5. The Kier molecular flexibility index (Phi) is 6.83. The van der Waals surface area contributed by atoms with E-state index in [2.05, 4.69) is 15.9 Å².